The summed E-state index contributed by atoms with van der Waals surface area (Å²) < 4.78 is 5.12. The maximum atomic E-state index is 13.2. The summed E-state index contributed by atoms with van der Waals surface area (Å²) in [6, 6.07) is 15.1. The van der Waals surface area contributed by atoms with Crippen LogP contribution in [0.1, 0.15) is 23.2 Å². The van der Waals surface area contributed by atoms with Crippen LogP contribution in [0.4, 0.5) is 5.69 Å². The number of benzene rings is 3. The highest BCUT2D eigenvalue weighted by Crippen LogP contribution is 2.32. The first-order chi connectivity index (χ1) is 14.5. The van der Waals surface area contributed by atoms with Crippen molar-refractivity contribution in [3.05, 3.63) is 65.2 Å². The molecule has 1 fully saturated rings. The molecule has 0 saturated carbocycles. The molecule has 0 radical (unpaired) electrons. The molecule has 1 heterocycles. The number of nitrogens with zero attached hydrogens (tertiary/aromatic N) is 1. The van der Waals surface area contributed by atoms with E-state index in [2.05, 4.69) is 5.32 Å². The number of carbonyl (C=O) groups excluding carboxylic acids is 2. The van der Waals surface area contributed by atoms with Crippen molar-refractivity contribution >= 4 is 39.9 Å². The number of hydrogen-bond donors (Lipinski definition) is 2. The summed E-state index contributed by atoms with van der Waals surface area (Å²) in [5.74, 6) is -0.198. The zero-order valence-electron chi connectivity index (χ0n) is 16.4. The SMILES string of the molecule is COc1ccc(NC(=O)C2CCCN2C(=O)c2ccc3ccccc3c2O)cc1Cl. The molecule has 1 aliphatic rings. The predicted molar refractivity (Wildman–Crippen MR) is 116 cm³/mol. The molecule has 3 aromatic carbocycles. The molecule has 6 nitrogen and oxygen atoms in total. The monoisotopic (exact) mass is 424 g/mol. The number of phenols is 1. The average molecular weight is 425 g/mol. The van der Waals surface area contributed by atoms with Gasteiger partial charge in [-0.25, -0.2) is 0 Å². The number of nitrogens with one attached hydrogen (secondary N) is 1. The van der Waals surface area contributed by atoms with Gasteiger partial charge in [0, 0.05) is 17.6 Å². The Morgan fingerprint density at radius 2 is 1.97 bits per heavy atom. The minimum atomic E-state index is -0.621. The number of fused-ring (bicyclic) bond motifs is 1. The largest absolute Gasteiger partial charge is 0.506 e. The number of likely N-dealkylation sites (tertiary alicyclic amines) is 1. The normalized spacial score (nSPS) is 15.9. The molecule has 1 unspecified atom stereocenters. The molecule has 4 rings (SSSR count). The lowest BCUT2D eigenvalue weighted by Gasteiger charge is -2.24. The highest BCUT2D eigenvalue weighted by molar-refractivity contribution is 6.32. The molecule has 1 atom stereocenters. The van der Waals surface area contributed by atoms with E-state index < -0.39 is 6.04 Å². The number of methoxy groups -OCH3 is 1. The van der Waals surface area contributed by atoms with Crippen LogP contribution in [-0.2, 0) is 4.79 Å². The van der Waals surface area contributed by atoms with Gasteiger partial charge in [-0.1, -0.05) is 41.9 Å². The second kappa shape index (κ2) is 8.24. The first-order valence-corrected chi connectivity index (χ1v) is 10.0. The topological polar surface area (TPSA) is 78.9 Å². The third kappa shape index (κ3) is 3.66. The van der Waals surface area contributed by atoms with Gasteiger partial charge in [0.1, 0.15) is 17.5 Å². The second-order valence-corrected chi connectivity index (χ2v) is 7.59. The van der Waals surface area contributed by atoms with E-state index in [9.17, 15) is 14.7 Å². The van der Waals surface area contributed by atoms with Gasteiger partial charge >= 0.3 is 0 Å². The number of anilines is 1. The van der Waals surface area contributed by atoms with Crippen molar-refractivity contribution in [1.82, 2.24) is 4.90 Å². The molecular weight excluding hydrogens is 404 g/mol. The van der Waals surface area contributed by atoms with E-state index in [-0.39, 0.29) is 23.1 Å². The Balaban J connectivity index is 1.56. The van der Waals surface area contributed by atoms with E-state index in [0.717, 1.165) is 5.39 Å². The van der Waals surface area contributed by atoms with E-state index in [1.807, 2.05) is 18.2 Å². The van der Waals surface area contributed by atoms with Crippen molar-refractivity contribution in [2.75, 3.05) is 19.0 Å². The molecule has 30 heavy (non-hydrogen) atoms. The van der Waals surface area contributed by atoms with Crippen LogP contribution >= 0.6 is 11.6 Å². The highest BCUT2D eigenvalue weighted by Gasteiger charge is 2.35. The van der Waals surface area contributed by atoms with Gasteiger partial charge in [-0.3, -0.25) is 9.59 Å². The fraction of sp³-hybridized carbons (Fsp3) is 0.217. The summed E-state index contributed by atoms with van der Waals surface area (Å²) in [7, 11) is 1.52. The number of phenolic OH excluding ortho intramolecular Hbond substituents is 1. The Morgan fingerprint density at radius 3 is 2.73 bits per heavy atom. The summed E-state index contributed by atoms with van der Waals surface area (Å²) in [5, 5.41) is 15.3. The number of rotatable bonds is 4. The fourth-order valence-corrected chi connectivity index (χ4v) is 4.09. The highest BCUT2D eigenvalue weighted by atomic mass is 35.5. The molecule has 0 spiro atoms. The molecular formula is C23H21ClN2O4. The van der Waals surface area contributed by atoms with Crippen LogP contribution < -0.4 is 10.1 Å². The van der Waals surface area contributed by atoms with Crippen molar-refractivity contribution in [1.29, 1.82) is 0 Å². The van der Waals surface area contributed by atoms with Crippen LogP contribution in [0.25, 0.3) is 10.8 Å². The van der Waals surface area contributed by atoms with E-state index in [4.69, 9.17) is 16.3 Å². The Bertz CT molecular complexity index is 1130. The number of halogens is 1. The maximum Gasteiger partial charge on any atom is 0.258 e. The van der Waals surface area contributed by atoms with Crippen LogP contribution in [0.3, 0.4) is 0 Å². The molecule has 0 bridgehead atoms. The van der Waals surface area contributed by atoms with Crippen molar-refractivity contribution in [2.24, 2.45) is 0 Å². The van der Waals surface area contributed by atoms with Crippen LogP contribution in [0.5, 0.6) is 11.5 Å². The second-order valence-electron chi connectivity index (χ2n) is 7.18. The van der Waals surface area contributed by atoms with E-state index in [1.165, 1.54) is 12.0 Å². The van der Waals surface area contributed by atoms with Crippen molar-refractivity contribution < 1.29 is 19.4 Å². The van der Waals surface area contributed by atoms with E-state index >= 15 is 0 Å². The van der Waals surface area contributed by atoms with Gasteiger partial charge in [-0.05, 0) is 42.5 Å². The van der Waals surface area contributed by atoms with Crippen molar-refractivity contribution in [2.45, 2.75) is 18.9 Å². The minimum absolute atomic E-state index is 0.0638. The number of hydrogen-bond acceptors (Lipinski definition) is 4. The Morgan fingerprint density at radius 1 is 1.17 bits per heavy atom. The first-order valence-electron chi connectivity index (χ1n) is 9.65. The molecule has 3 aromatic rings. The van der Waals surface area contributed by atoms with Crippen LogP contribution in [0.2, 0.25) is 5.02 Å². The minimum Gasteiger partial charge on any atom is -0.506 e. The molecule has 0 aliphatic carbocycles. The molecule has 7 heteroatoms. The number of amides is 2. The van der Waals surface area contributed by atoms with Gasteiger partial charge in [-0.15, -0.1) is 0 Å². The van der Waals surface area contributed by atoms with Gasteiger partial charge in [0.2, 0.25) is 5.91 Å². The number of ether oxygens (including phenoxy) is 1. The Labute approximate surface area is 179 Å². The van der Waals surface area contributed by atoms with Gasteiger partial charge in [0.15, 0.2) is 0 Å². The summed E-state index contributed by atoms with van der Waals surface area (Å²) in [5.41, 5.74) is 0.722. The zero-order chi connectivity index (χ0) is 21.3. The van der Waals surface area contributed by atoms with Crippen molar-refractivity contribution in [3.8, 4) is 11.5 Å². The van der Waals surface area contributed by atoms with Gasteiger partial charge in [0.05, 0.1) is 17.7 Å². The van der Waals surface area contributed by atoms with E-state index in [0.29, 0.717) is 41.2 Å². The third-order valence-corrected chi connectivity index (χ3v) is 5.66. The van der Waals surface area contributed by atoms with E-state index in [1.54, 1.807) is 36.4 Å². The van der Waals surface area contributed by atoms with Gasteiger partial charge in [-0.2, -0.15) is 0 Å². The van der Waals surface area contributed by atoms with Crippen LogP contribution in [0, 0.1) is 0 Å². The number of carbonyl (C=O) groups is 2. The maximum absolute atomic E-state index is 13.2. The molecule has 1 saturated heterocycles. The van der Waals surface area contributed by atoms with Gasteiger partial charge < -0.3 is 20.1 Å². The zero-order valence-corrected chi connectivity index (χ0v) is 17.1. The van der Waals surface area contributed by atoms with Crippen LogP contribution in [0.15, 0.2) is 54.6 Å². The Kier molecular flexibility index (Phi) is 5.50. The smallest absolute Gasteiger partial charge is 0.258 e. The summed E-state index contributed by atoms with van der Waals surface area (Å²) in [6.07, 6.45) is 1.26. The molecule has 0 aromatic heterocycles. The van der Waals surface area contributed by atoms with Crippen molar-refractivity contribution in [3.63, 3.8) is 0 Å². The quantitative estimate of drug-likeness (QED) is 0.648. The standard InChI is InChI=1S/C23H21ClN2O4/c1-30-20-11-9-15(13-18(20)24)25-22(28)19-7-4-12-26(19)23(29)17-10-8-14-5-2-3-6-16(14)21(17)27/h2-3,5-6,8-11,13,19,27H,4,7,12H2,1H3,(H,25,28). The lowest BCUT2D eigenvalue weighted by Crippen LogP contribution is -2.43. The first kappa shape index (κ1) is 20.0. The average Bonchev–Trinajstić information content (AvgIpc) is 3.24. The molecule has 2 amide bonds. The summed E-state index contributed by atoms with van der Waals surface area (Å²) in [4.78, 5) is 27.6. The summed E-state index contributed by atoms with van der Waals surface area (Å²) in [6.45, 7) is 0.451. The molecule has 1 aliphatic heterocycles. The third-order valence-electron chi connectivity index (χ3n) is 5.37. The lowest BCUT2D eigenvalue weighted by molar-refractivity contribution is -0.119. The summed E-state index contributed by atoms with van der Waals surface area (Å²) >= 11 is 6.13. The molecule has 2 N–H and O–H groups in total. The Hall–Kier alpha value is -3.25. The van der Waals surface area contributed by atoms with Crippen LogP contribution in [-0.4, -0.2) is 41.5 Å². The number of aromatic hydroxyl groups is 1. The fourth-order valence-electron chi connectivity index (χ4n) is 3.83. The lowest BCUT2D eigenvalue weighted by atomic mass is 10.0. The molecule has 154 valence electrons. The van der Waals surface area contributed by atoms with Gasteiger partial charge in [0.25, 0.3) is 5.91 Å². The predicted octanol–water partition coefficient (Wildman–Crippen LogP) is 4.45.